The molecule has 1 atom stereocenters. The Labute approximate surface area is 118 Å². The fourth-order valence-electron chi connectivity index (χ4n) is 2.52. The Bertz CT molecular complexity index is 311. The average molecular weight is 290 g/mol. The molecule has 0 spiro atoms. The Kier molecular flexibility index (Phi) is 8.66. The van der Waals surface area contributed by atoms with Crippen LogP contribution in [0, 0.1) is 0 Å². The van der Waals surface area contributed by atoms with Crippen LogP contribution in [0.1, 0.15) is 64.7 Å². The Hall–Kier alpha value is -0.130. The summed E-state index contributed by atoms with van der Waals surface area (Å²) >= 11 is 0. The highest BCUT2D eigenvalue weighted by atomic mass is 32.2. The molecule has 1 rings (SSSR count). The first-order valence-electron chi connectivity index (χ1n) is 7.85. The third-order valence-corrected chi connectivity index (χ3v) is 5.17. The lowest BCUT2D eigenvalue weighted by Gasteiger charge is -2.23. The molecule has 1 heterocycles. The quantitative estimate of drug-likeness (QED) is 0.607. The van der Waals surface area contributed by atoms with Gasteiger partial charge in [-0.05, 0) is 25.8 Å². The van der Waals surface area contributed by atoms with Crippen LogP contribution in [0.2, 0.25) is 0 Å². The zero-order valence-corrected chi connectivity index (χ0v) is 13.1. The number of hydrogen-bond acceptors (Lipinski definition) is 3. The van der Waals surface area contributed by atoms with Crippen molar-refractivity contribution >= 4 is 10.0 Å². The highest BCUT2D eigenvalue weighted by molar-refractivity contribution is 7.89. The zero-order valence-electron chi connectivity index (χ0n) is 12.3. The van der Waals surface area contributed by atoms with Gasteiger partial charge in [0.15, 0.2) is 0 Å². The summed E-state index contributed by atoms with van der Waals surface area (Å²) in [6, 6.07) is 0.149. The van der Waals surface area contributed by atoms with Crippen LogP contribution in [-0.4, -0.2) is 33.3 Å². The summed E-state index contributed by atoms with van der Waals surface area (Å²) in [5, 5.41) is 3.28. The van der Waals surface area contributed by atoms with Gasteiger partial charge in [0.2, 0.25) is 10.0 Å². The van der Waals surface area contributed by atoms with Gasteiger partial charge in [0, 0.05) is 12.6 Å². The van der Waals surface area contributed by atoms with Gasteiger partial charge < -0.3 is 5.32 Å². The van der Waals surface area contributed by atoms with Crippen molar-refractivity contribution in [1.29, 1.82) is 0 Å². The van der Waals surface area contributed by atoms with Crippen molar-refractivity contribution < 1.29 is 8.42 Å². The van der Waals surface area contributed by atoms with Crippen LogP contribution in [0.25, 0.3) is 0 Å². The molecule has 0 aromatic heterocycles. The molecule has 19 heavy (non-hydrogen) atoms. The van der Waals surface area contributed by atoms with E-state index in [9.17, 15) is 8.42 Å². The lowest BCUT2D eigenvalue weighted by atomic mass is 10.1. The van der Waals surface area contributed by atoms with Gasteiger partial charge >= 0.3 is 0 Å². The second-order valence-electron chi connectivity index (χ2n) is 5.59. The lowest BCUT2D eigenvalue weighted by Crippen LogP contribution is -2.42. The van der Waals surface area contributed by atoms with E-state index in [0.717, 1.165) is 32.2 Å². The summed E-state index contributed by atoms with van der Waals surface area (Å²) in [5.41, 5.74) is 0. The number of rotatable bonds is 10. The second kappa shape index (κ2) is 9.72. The molecule has 0 aliphatic carbocycles. The highest BCUT2D eigenvalue weighted by Crippen LogP contribution is 2.09. The van der Waals surface area contributed by atoms with Crippen LogP contribution in [0.4, 0.5) is 0 Å². The maximum absolute atomic E-state index is 11.9. The summed E-state index contributed by atoms with van der Waals surface area (Å²) in [6.07, 6.45) is 10.4. The van der Waals surface area contributed by atoms with E-state index in [4.69, 9.17) is 0 Å². The van der Waals surface area contributed by atoms with E-state index in [1.54, 1.807) is 0 Å². The minimum Gasteiger partial charge on any atom is -0.313 e. The SMILES string of the molecule is CCCCCCCCNS(=O)(=O)CC1CCCCN1. The molecule has 0 radical (unpaired) electrons. The smallest absolute Gasteiger partial charge is 0.213 e. The van der Waals surface area contributed by atoms with E-state index >= 15 is 0 Å². The summed E-state index contributed by atoms with van der Waals surface area (Å²) in [6.45, 7) is 3.76. The molecule has 114 valence electrons. The molecule has 1 aliphatic heterocycles. The maximum atomic E-state index is 11.9. The monoisotopic (exact) mass is 290 g/mol. The maximum Gasteiger partial charge on any atom is 0.213 e. The fraction of sp³-hybridized carbons (Fsp3) is 1.00. The number of sulfonamides is 1. The number of hydrogen-bond donors (Lipinski definition) is 2. The summed E-state index contributed by atoms with van der Waals surface area (Å²) < 4.78 is 26.5. The van der Waals surface area contributed by atoms with Crippen molar-refractivity contribution in [3.8, 4) is 0 Å². The van der Waals surface area contributed by atoms with Gasteiger partial charge in [-0.1, -0.05) is 45.4 Å². The molecular formula is C14H30N2O2S. The predicted molar refractivity (Wildman–Crippen MR) is 80.8 cm³/mol. The first kappa shape index (κ1) is 16.9. The van der Waals surface area contributed by atoms with Crippen LogP contribution in [0.5, 0.6) is 0 Å². The van der Waals surface area contributed by atoms with Gasteiger partial charge in [-0.3, -0.25) is 0 Å². The second-order valence-corrected chi connectivity index (χ2v) is 7.44. The molecule has 1 unspecified atom stereocenters. The molecule has 5 heteroatoms. The molecule has 2 N–H and O–H groups in total. The van der Waals surface area contributed by atoms with Gasteiger partial charge in [-0.2, -0.15) is 0 Å². The highest BCUT2D eigenvalue weighted by Gasteiger charge is 2.20. The largest absolute Gasteiger partial charge is 0.313 e. The lowest BCUT2D eigenvalue weighted by molar-refractivity contribution is 0.422. The van der Waals surface area contributed by atoms with Crippen molar-refractivity contribution in [2.45, 2.75) is 70.8 Å². The third kappa shape index (κ3) is 8.60. The van der Waals surface area contributed by atoms with E-state index in [2.05, 4.69) is 17.0 Å². The zero-order chi connectivity index (χ0) is 14.0. The van der Waals surface area contributed by atoms with Gasteiger partial charge in [-0.25, -0.2) is 13.1 Å². The van der Waals surface area contributed by atoms with E-state index in [1.807, 2.05) is 0 Å². The van der Waals surface area contributed by atoms with Crippen LogP contribution in [0.3, 0.4) is 0 Å². The Morgan fingerprint density at radius 1 is 1.11 bits per heavy atom. The van der Waals surface area contributed by atoms with Gasteiger partial charge in [0.05, 0.1) is 5.75 Å². The third-order valence-electron chi connectivity index (χ3n) is 3.69. The van der Waals surface area contributed by atoms with Gasteiger partial charge in [0.25, 0.3) is 0 Å². The summed E-state index contributed by atoms with van der Waals surface area (Å²) in [5.74, 6) is 0.239. The molecule has 4 nitrogen and oxygen atoms in total. The topological polar surface area (TPSA) is 58.2 Å². The molecule has 0 saturated carbocycles. The Morgan fingerprint density at radius 3 is 2.53 bits per heavy atom. The van der Waals surface area contributed by atoms with Crippen LogP contribution in [-0.2, 0) is 10.0 Å². The molecule has 0 aromatic carbocycles. The average Bonchev–Trinajstić information content (AvgIpc) is 2.38. The summed E-state index contributed by atoms with van der Waals surface area (Å²) in [7, 11) is -3.09. The molecule has 1 fully saturated rings. The molecule has 0 amide bonds. The molecule has 1 aliphatic rings. The van der Waals surface area contributed by atoms with Crippen LogP contribution < -0.4 is 10.0 Å². The predicted octanol–water partition coefficient (Wildman–Crippen LogP) is 2.41. The van der Waals surface area contributed by atoms with E-state index in [0.29, 0.717) is 6.54 Å². The van der Waals surface area contributed by atoms with Crippen LogP contribution >= 0.6 is 0 Å². The molecule has 0 aromatic rings. The Balaban J connectivity index is 2.06. The van der Waals surface area contributed by atoms with Gasteiger partial charge in [-0.15, -0.1) is 0 Å². The molecular weight excluding hydrogens is 260 g/mol. The molecule has 1 saturated heterocycles. The number of piperidine rings is 1. The normalized spacial score (nSPS) is 20.6. The Morgan fingerprint density at radius 2 is 1.84 bits per heavy atom. The van der Waals surface area contributed by atoms with Crippen molar-refractivity contribution in [3.05, 3.63) is 0 Å². The summed E-state index contributed by atoms with van der Waals surface area (Å²) in [4.78, 5) is 0. The fourth-order valence-corrected chi connectivity index (χ4v) is 3.91. The van der Waals surface area contributed by atoms with Crippen molar-refractivity contribution in [3.63, 3.8) is 0 Å². The first-order chi connectivity index (χ1) is 9.14. The molecule has 0 bridgehead atoms. The van der Waals surface area contributed by atoms with Crippen LogP contribution in [0.15, 0.2) is 0 Å². The van der Waals surface area contributed by atoms with E-state index in [1.165, 1.54) is 32.1 Å². The van der Waals surface area contributed by atoms with Crippen molar-refractivity contribution in [2.24, 2.45) is 0 Å². The first-order valence-corrected chi connectivity index (χ1v) is 9.50. The number of nitrogens with one attached hydrogen (secondary N) is 2. The van der Waals surface area contributed by atoms with E-state index in [-0.39, 0.29) is 11.8 Å². The minimum absolute atomic E-state index is 0.149. The number of unbranched alkanes of at least 4 members (excludes halogenated alkanes) is 5. The van der Waals surface area contributed by atoms with Gasteiger partial charge in [0.1, 0.15) is 0 Å². The van der Waals surface area contributed by atoms with E-state index < -0.39 is 10.0 Å². The standard InChI is InChI=1S/C14H30N2O2S/c1-2-3-4-5-6-8-12-16-19(17,18)13-14-10-7-9-11-15-14/h14-16H,2-13H2,1H3. The van der Waals surface area contributed by atoms with Crippen molar-refractivity contribution in [1.82, 2.24) is 10.0 Å². The minimum atomic E-state index is -3.09. The van der Waals surface area contributed by atoms with Crippen molar-refractivity contribution in [2.75, 3.05) is 18.8 Å².